The average molecular weight is 804 g/mol. The predicted molar refractivity (Wildman–Crippen MR) is 246 cm³/mol. The van der Waals surface area contributed by atoms with Crippen LogP contribution in [0.25, 0.3) is 0 Å². The molecule has 2 unspecified atom stereocenters. The summed E-state index contributed by atoms with van der Waals surface area (Å²) in [6.07, 6.45) is 54.2. The lowest BCUT2D eigenvalue weighted by Crippen LogP contribution is -2.45. The van der Waals surface area contributed by atoms with Crippen molar-refractivity contribution >= 4 is 11.9 Å². The molecular formula is C51H97NO5. The van der Waals surface area contributed by atoms with Crippen molar-refractivity contribution in [2.24, 2.45) is 0 Å². The number of hydrogen-bond donors (Lipinski definition) is 3. The van der Waals surface area contributed by atoms with Gasteiger partial charge in [-0.15, -0.1) is 0 Å². The number of allylic oxidation sites excluding steroid dienone is 4. The van der Waals surface area contributed by atoms with Crippen LogP contribution in [-0.2, 0) is 14.3 Å². The number of nitrogens with one attached hydrogen (secondary N) is 1. The number of rotatable bonds is 46. The van der Waals surface area contributed by atoms with Gasteiger partial charge in [-0.05, 0) is 57.8 Å². The Labute approximate surface area is 354 Å². The summed E-state index contributed by atoms with van der Waals surface area (Å²) in [5.74, 6) is -0.0825. The van der Waals surface area contributed by atoms with E-state index in [2.05, 4.69) is 43.5 Å². The van der Waals surface area contributed by atoms with Crippen LogP contribution in [0.5, 0.6) is 0 Å². The molecule has 0 aliphatic carbocycles. The molecule has 0 aromatic rings. The molecule has 0 aliphatic rings. The Hall–Kier alpha value is -1.66. The monoisotopic (exact) mass is 804 g/mol. The maximum Gasteiger partial charge on any atom is 0.305 e. The van der Waals surface area contributed by atoms with Crippen LogP contribution in [-0.4, -0.2) is 47.4 Å². The average Bonchev–Trinajstić information content (AvgIpc) is 3.21. The molecule has 57 heavy (non-hydrogen) atoms. The van der Waals surface area contributed by atoms with Crippen molar-refractivity contribution < 1.29 is 24.5 Å². The normalized spacial score (nSPS) is 12.8. The van der Waals surface area contributed by atoms with Crippen molar-refractivity contribution in [3.63, 3.8) is 0 Å². The minimum atomic E-state index is -0.676. The minimum absolute atomic E-state index is 0.0277. The maximum absolute atomic E-state index is 12.4. The first-order valence-electron chi connectivity index (χ1n) is 25.1. The Morgan fingerprint density at radius 3 is 1.37 bits per heavy atom. The second-order valence-corrected chi connectivity index (χ2v) is 17.1. The number of ether oxygens (including phenoxy) is 1. The highest BCUT2D eigenvalue weighted by molar-refractivity contribution is 5.76. The van der Waals surface area contributed by atoms with E-state index in [1.54, 1.807) is 0 Å². The molecule has 2 atom stereocenters. The molecular weight excluding hydrogens is 707 g/mol. The van der Waals surface area contributed by atoms with Crippen LogP contribution in [0, 0.1) is 0 Å². The van der Waals surface area contributed by atoms with E-state index >= 15 is 0 Å². The number of carbonyl (C=O) groups is 2. The van der Waals surface area contributed by atoms with Gasteiger partial charge in [0.05, 0.1) is 25.4 Å². The molecule has 1 amide bonds. The van der Waals surface area contributed by atoms with Gasteiger partial charge >= 0.3 is 5.97 Å². The van der Waals surface area contributed by atoms with Crippen molar-refractivity contribution in [2.75, 3.05) is 13.2 Å². The van der Waals surface area contributed by atoms with Gasteiger partial charge < -0.3 is 20.3 Å². The molecule has 0 saturated carbocycles. The number of aliphatic hydroxyl groups excluding tert-OH is 2. The summed E-state index contributed by atoms with van der Waals surface area (Å²) in [5, 5.41) is 23.2. The number of aliphatic hydroxyl groups is 2. The zero-order valence-corrected chi connectivity index (χ0v) is 38.1. The molecule has 0 aliphatic heterocycles. The van der Waals surface area contributed by atoms with Crippen molar-refractivity contribution in [1.82, 2.24) is 5.32 Å². The van der Waals surface area contributed by atoms with Gasteiger partial charge in [-0.2, -0.15) is 0 Å². The lowest BCUT2D eigenvalue weighted by atomic mass is 10.0. The van der Waals surface area contributed by atoms with Crippen molar-refractivity contribution in [3.05, 3.63) is 24.3 Å². The van der Waals surface area contributed by atoms with Gasteiger partial charge in [0.25, 0.3) is 0 Å². The Morgan fingerprint density at radius 1 is 0.491 bits per heavy atom. The Kier molecular flexibility index (Phi) is 45.7. The molecule has 336 valence electrons. The summed E-state index contributed by atoms with van der Waals surface area (Å²) >= 11 is 0. The third kappa shape index (κ3) is 43.7. The Balaban J connectivity index is 3.48. The summed E-state index contributed by atoms with van der Waals surface area (Å²) in [4.78, 5) is 24.5. The van der Waals surface area contributed by atoms with Gasteiger partial charge in [0.15, 0.2) is 0 Å². The summed E-state index contributed by atoms with van der Waals surface area (Å²) in [5.41, 5.74) is 0. The van der Waals surface area contributed by atoms with Crippen LogP contribution >= 0.6 is 0 Å². The second-order valence-electron chi connectivity index (χ2n) is 17.1. The van der Waals surface area contributed by atoms with E-state index in [0.717, 1.165) is 70.6 Å². The lowest BCUT2D eigenvalue weighted by Gasteiger charge is -2.22. The molecule has 0 heterocycles. The van der Waals surface area contributed by atoms with Gasteiger partial charge in [0.1, 0.15) is 0 Å². The topological polar surface area (TPSA) is 95.9 Å². The van der Waals surface area contributed by atoms with Crippen LogP contribution in [0.3, 0.4) is 0 Å². The van der Waals surface area contributed by atoms with Crippen molar-refractivity contribution in [2.45, 2.75) is 276 Å². The molecule has 6 heteroatoms. The molecule has 0 aromatic carbocycles. The maximum atomic E-state index is 12.4. The summed E-state index contributed by atoms with van der Waals surface area (Å²) in [7, 11) is 0. The fraction of sp³-hybridized carbons (Fsp3) is 0.882. The lowest BCUT2D eigenvalue weighted by molar-refractivity contribution is -0.143. The molecule has 0 aromatic heterocycles. The standard InChI is InChI=1S/C51H97NO5/c1-3-5-7-9-11-13-15-17-19-21-25-29-33-37-41-45-51(56)57-46-42-38-34-30-26-22-24-28-32-36-40-44-50(55)52-48(47-53)49(54)43-39-35-31-27-23-20-18-16-14-12-10-8-6-4-2/h11,13,17,19,48-49,53-54H,3-10,12,14-16,18,20-47H2,1-2H3,(H,52,55)/b13-11-,19-17-. The number of esters is 1. The van der Waals surface area contributed by atoms with Crippen LogP contribution in [0.15, 0.2) is 24.3 Å². The van der Waals surface area contributed by atoms with E-state index < -0.39 is 12.1 Å². The first kappa shape index (κ1) is 55.3. The van der Waals surface area contributed by atoms with Gasteiger partial charge in [0.2, 0.25) is 5.91 Å². The van der Waals surface area contributed by atoms with Gasteiger partial charge in [0, 0.05) is 12.8 Å². The van der Waals surface area contributed by atoms with E-state index in [0.29, 0.717) is 25.9 Å². The highest BCUT2D eigenvalue weighted by Gasteiger charge is 2.20. The summed E-state index contributed by atoms with van der Waals surface area (Å²) in [6.45, 7) is 4.87. The van der Waals surface area contributed by atoms with Gasteiger partial charge in [-0.25, -0.2) is 0 Å². The number of hydrogen-bond acceptors (Lipinski definition) is 5. The molecule has 0 radical (unpaired) electrons. The molecule has 3 N–H and O–H groups in total. The van der Waals surface area contributed by atoms with Crippen LogP contribution < -0.4 is 5.32 Å². The smallest absolute Gasteiger partial charge is 0.305 e. The molecule has 6 nitrogen and oxygen atoms in total. The highest BCUT2D eigenvalue weighted by atomic mass is 16.5. The Morgan fingerprint density at radius 2 is 0.877 bits per heavy atom. The Bertz CT molecular complexity index is 889. The first-order valence-corrected chi connectivity index (χ1v) is 25.1. The fourth-order valence-corrected chi connectivity index (χ4v) is 7.61. The third-order valence-corrected chi connectivity index (χ3v) is 11.5. The van der Waals surface area contributed by atoms with Crippen molar-refractivity contribution in [3.8, 4) is 0 Å². The van der Waals surface area contributed by atoms with Crippen molar-refractivity contribution in [1.29, 1.82) is 0 Å². The van der Waals surface area contributed by atoms with E-state index in [1.165, 1.54) is 161 Å². The van der Waals surface area contributed by atoms with E-state index in [4.69, 9.17) is 4.74 Å². The zero-order chi connectivity index (χ0) is 41.5. The number of carbonyl (C=O) groups excluding carboxylic acids is 2. The van der Waals surface area contributed by atoms with Gasteiger partial charge in [-0.1, -0.05) is 218 Å². The zero-order valence-electron chi connectivity index (χ0n) is 38.1. The predicted octanol–water partition coefficient (Wildman–Crippen LogP) is 14.7. The van der Waals surface area contributed by atoms with Crippen LogP contribution in [0.2, 0.25) is 0 Å². The molecule has 0 bridgehead atoms. The SMILES string of the molecule is CCCCC/C=C\C/C=C\CCCCCCCC(=O)OCCCCCCCCCCCCCC(=O)NC(CO)C(O)CCCCCCCCCCCCCCCC. The molecule has 0 saturated heterocycles. The quantitative estimate of drug-likeness (QED) is 0.0324. The summed E-state index contributed by atoms with van der Waals surface area (Å²) in [6, 6.07) is -0.555. The van der Waals surface area contributed by atoms with Crippen LogP contribution in [0.1, 0.15) is 264 Å². The van der Waals surface area contributed by atoms with Gasteiger partial charge in [-0.3, -0.25) is 9.59 Å². The number of unbranched alkanes of at least 4 members (excludes halogenated alkanes) is 31. The third-order valence-electron chi connectivity index (χ3n) is 11.5. The number of amides is 1. The van der Waals surface area contributed by atoms with E-state index in [-0.39, 0.29) is 18.5 Å². The highest BCUT2D eigenvalue weighted by Crippen LogP contribution is 2.16. The van der Waals surface area contributed by atoms with Crippen LogP contribution in [0.4, 0.5) is 0 Å². The fourth-order valence-electron chi connectivity index (χ4n) is 7.61. The first-order chi connectivity index (χ1) is 28.0. The molecule has 0 spiro atoms. The largest absolute Gasteiger partial charge is 0.466 e. The molecule has 0 rings (SSSR count). The van der Waals surface area contributed by atoms with E-state index in [1.807, 2.05) is 0 Å². The minimum Gasteiger partial charge on any atom is -0.466 e. The molecule has 0 fully saturated rings. The second kappa shape index (κ2) is 47.0. The summed E-state index contributed by atoms with van der Waals surface area (Å²) < 4.78 is 5.45. The van der Waals surface area contributed by atoms with E-state index in [9.17, 15) is 19.8 Å².